The Kier molecular flexibility index (Phi) is 4.57. The highest BCUT2D eigenvalue weighted by Gasteiger charge is 2.42. The molecule has 1 aromatic rings. The number of sulfonamides is 1. The molecule has 2 fully saturated rings. The Hall–Kier alpha value is -0.910. The molecule has 0 aromatic heterocycles. The standard InChI is InChI=1S/C17H25NO3S/c1-13-5-3-4-6-17(13)15-11-14(2)18(12-15)22(19,20)16-7-9-21-10-8-16/h3-6,14-16H,7-12H2,1-2H3/t14-,15-/m1/s1. The normalized spacial score (nSPS) is 28.1. The quantitative estimate of drug-likeness (QED) is 0.859. The maximum Gasteiger partial charge on any atom is 0.217 e. The van der Waals surface area contributed by atoms with Gasteiger partial charge in [0, 0.05) is 25.8 Å². The van der Waals surface area contributed by atoms with E-state index in [1.54, 1.807) is 4.31 Å². The molecular weight excluding hydrogens is 298 g/mol. The Morgan fingerprint density at radius 2 is 1.86 bits per heavy atom. The third-order valence-electron chi connectivity index (χ3n) is 5.06. The van der Waals surface area contributed by atoms with Gasteiger partial charge in [0.25, 0.3) is 0 Å². The smallest absolute Gasteiger partial charge is 0.217 e. The Balaban J connectivity index is 1.80. The number of rotatable bonds is 3. The molecule has 2 atom stereocenters. The highest BCUT2D eigenvalue weighted by molar-refractivity contribution is 7.89. The van der Waals surface area contributed by atoms with Crippen LogP contribution in [0.3, 0.4) is 0 Å². The van der Waals surface area contributed by atoms with Crippen LogP contribution in [0, 0.1) is 6.92 Å². The Morgan fingerprint density at radius 1 is 1.18 bits per heavy atom. The zero-order chi connectivity index (χ0) is 15.7. The maximum absolute atomic E-state index is 12.9. The molecule has 3 rings (SSSR count). The lowest BCUT2D eigenvalue weighted by Crippen LogP contribution is -2.43. The third-order valence-corrected chi connectivity index (χ3v) is 7.54. The van der Waals surface area contributed by atoms with E-state index in [0.717, 1.165) is 6.42 Å². The van der Waals surface area contributed by atoms with Crippen molar-refractivity contribution in [1.82, 2.24) is 4.31 Å². The van der Waals surface area contributed by atoms with Gasteiger partial charge in [-0.1, -0.05) is 24.3 Å². The molecule has 2 heterocycles. The molecule has 122 valence electrons. The molecule has 0 radical (unpaired) electrons. The third kappa shape index (κ3) is 2.94. The van der Waals surface area contributed by atoms with Gasteiger partial charge in [-0.2, -0.15) is 4.31 Å². The summed E-state index contributed by atoms with van der Waals surface area (Å²) in [6, 6.07) is 8.40. The second-order valence-corrected chi connectivity index (χ2v) is 8.73. The number of aryl methyl sites for hydroxylation is 1. The fourth-order valence-electron chi connectivity index (χ4n) is 3.79. The van der Waals surface area contributed by atoms with E-state index in [9.17, 15) is 8.42 Å². The first-order valence-corrected chi connectivity index (χ1v) is 9.64. The Bertz CT molecular complexity index is 623. The molecule has 0 spiro atoms. The van der Waals surface area contributed by atoms with Gasteiger partial charge in [-0.05, 0) is 50.2 Å². The summed E-state index contributed by atoms with van der Waals surface area (Å²) in [5.74, 6) is 0.311. The van der Waals surface area contributed by atoms with Gasteiger partial charge in [0.1, 0.15) is 0 Å². The summed E-state index contributed by atoms with van der Waals surface area (Å²) in [7, 11) is -3.21. The van der Waals surface area contributed by atoms with E-state index in [1.165, 1.54) is 11.1 Å². The predicted molar refractivity (Wildman–Crippen MR) is 87.5 cm³/mol. The first kappa shape index (κ1) is 16.0. The summed E-state index contributed by atoms with van der Waals surface area (Å²) in [5, 5.41) is -0.265. The van der Waals surface area contributed by atoms with Crippen molar-refractivity contribution in [1.29, 1.82) is 0 Å². The average Bonchev–Trinajstić information content (AvgIpc) is 2.91. The number of hydrogen-bond donors (Lipinski definition) is 0. The van der Waals surface area contributed by atoms with Crippen molar-refractivity contribution >= 4 is 10.0 Å². The molecule has 2 aliphatic heterocycles. The van der Waals surface area contributed by atoms with Gasteiger partial charge in [-0.25, -0.2) is 8.42 Å². The average molecular weight is 323 g/mol. The van der Waals surface area contributed by atoms with Gasteiger partial charge in [0.05, 0.1) is 5.25 Å². The summed E-state index contributed by atoms with van der Waals surface area (Å²) in [6.07, 6.45) is 2.16. The van der Waals surface area contributed by atoms with Crippen LogP contribution in [0.25, 0.3) is 0 Å². The van der Waals surface area contributed by atoms with E-state index in [2.05, 4.69) is 19.1 Å². The van der Waals surface area contributed by atoms with Crippen LogP contribution >= 0.6 is 0 Å². The van der Waals surface area contributed by atoms with Crippen molar-refractivity contribution in [3.05, 3.63) is 35.4 Å². The van der Waals surface area contributed by atoms with Crippen LogP contribution in [-0.2, 0) is 14.8 Å². The Morgan fingerprint density at radius 3 is 2.55 bits per heavy atom. The van der Waals surface area contributed by atoms with Crippen molar-refractivity contribution in [2.24, 2.45) is 0 Å². The fraction of sp³-hybridized carbons (Fsp3) is 0.647. The van der Waals surface area contributed by atoms with Crippen LogP contribution in [-0.4, -0.2) is 43.8 Å². The molecule has 0 bridgehead atoms. The van der Waals surface area contributed by atoms with Gasteiger partial charge in [0.2, 0.25) is 10.0 Å². The summed E-state index contributed by atoms with van der Waals surface area (Å²) < 4.78 is 32.9. The predicted octanol–water partition coefficient (Wildman–Crippen LogP) is 2.68. The zero-order valence-corrected chi connectivity index (χ0v) is 14.2. The van der Waals surface area contributed by atoms with E-state index in [4.69, 9.17) is 4.74 Å². The van der Waals surface area contributed by atoms with E-state index in [0.29, 0.717) is 38.5 Å². The summed E-state index contributed by atoms with van der Waals surface area (Å²) >= 11 is 0. The number of nitrogens with zero attached hydrogens (tertiary/aromatic N) is 1. The van der Waals surface area contributed by atoms with Crippen LogP contribution in [0.5, 0.6) is 0 Å². The van der Waals surface area contributed by atoms with Crippen molar-refractivity contribution in [2.45, 2.75) is 50.3 Å². The van der Waals surface area contributed by atoms with Gasteiger partial charge in [0.15, 0.2) is 0 Å². The summed E-state index contributed by atoms with van der Waals surface area (Å²) in [5.41, 5.74) is 2.55. The van der Waals surface area contributed by atoms with E-state index < -0.39 is 10.0 Å². The number of hydrogen-bond acceptors (Lipinski definition) is 3. The zero-order valence-electron chi connectivity index (χ0n) is 13.4. The molecular formula is C17H25NO3S. The molecule has 0 amide bonds. The van der Waals surface area contributed by atoms with Crippen molar-refractivity contribution in [3.8, 4) is 0 Å². The minimum atomic E-state index is -3.21. The molecule has 22 heavy (non-hydrogen) atoms. The van der Waals surface area contributed by atoms with Gasteiger partial charge >= 0.3 is 0 Å². The summed E-state index contributed by atoms with van der Waals surface area (Å²) in [6.45, 7) is 5.89. The van der Waals surface area contributed by atoms with Crippen LogP contribution in [0.15, 0.2) is 24.3 Å². The highest BCUT2D eigenvalue weighted by atomic mass is 32.2. The van der Waals surface area contributed by atoms with Crippen molar-refractivity contribution < 1.29 is 13.2 Å². The number of ether oxygens (including phenoxy) is 1. The first-order chi connectivity index (χ1) is 10.5. The molecule has 4 nitrogen and oxygen atoms in total. The number of benzene rings is 1. The second kappa shape index (κ2) is 6.30. The fourth-order valence-corrected chi connectivity index (χ4v) is 5.94. The Labute approximate surface area is 133 Å². The monoisotopic (exact) mass is 323 g/mol. The van der Waals surface area contributed by atoms with Crippen LogP contribution in [0.1, 0.15) is 43.2 Å². The lowest BCUT2D eigenvalue weighted by molar-refractivity contribution is 0.0971. The SMILES string of the molecule is Cc1ccccc1[C@@H]1C[C@@H](C)N(S(=O)(=O)C2CCOCC2)C1. The van der Waals surface area contributed by atoms with Gasteiger partial charge < -0.3 is 4.74 Å². The summed E-state index contributed by atoms with van der Waals surface area (Å²) in [4.78, 5) is 0. The largest absolute Gasteiger partial charge is 0.381 e. The molecule has 0 aliphatic carbocycles. The van der Waals surface area contributed by atoms with Gasteiger partial charge in [-0.3, -0.25) is 0 Å². The van der Waals surface area contributed by atoms with Crippen LogP contribution in [0.4, 0.5) is 0 Å². The molecule has 2 saturated heterocycles. The minimum absolute atomic E-state index is 0.0810. The van der Waals surface area contributed by atoms with E-state index in [1.807, 2.05) is 19.1 Å². The first-order valence-electron chi connectivity index (χ1n) is 8.14. The maximum atomic E-state index is 12.9. The molecule has 0 saturated carbocycles. The van der Waals surface area contributed by atoms with Crippen molar-refractivity contribution in [3.63, 3.8) is 0 Å². The molecule has 0 N–H and O–H groups in total. The highest BCUT2D eigenvalue weighted by Crippen LogP contribution is 2.36. The van der Waals surface area contributed by atoms with Crippen LogP contribution in [0.2, 0.25) is 0 Å². The van der Waals surface area contributed by atoms with Gasteiger partial charge in [-0.15, -0.1) is 0 Å². The van der Waals surface area contributed by atoms with Crippen molar-refractivity contribution in [2.75, 3.05) is 19.8 Å². The minimum Gasteiger partial charge on any atom is -0.381 e. The molecule has 1 aromatic carbocycles. The lowest BCUT2D eigenvalue weighted by atomic mass is 9.93. The van der Waals surface area contributed by atoms with E-state index >= 15 is 0 Å². The van der Waals surface area contributed by atoms with Crippen LogP contribution < -0.4 is 0 Å². The second-order valence-electron chi connectivity index (χ2n) is 6.56. The lowest BCUT2D eigenvalue weighted by Gasteiger charge is -2.29. The molecule has 5 heteroatoms. The molecule has 2 aliphatic rings. The topological polar surface area (TPSA) is 46.6 Å². The molecule has 0 unspecified atom stereocenters. The van der Waals surface area contributed by atoms with E-state index in [-0.39, 0.29) is 11.3 Å².